The molecule has 0 aliphatic heterocycles. The van der Waals surface area contributed by atoms with Gasteiger partial charge in [0.25, 0.3) is 0 Å². The highest BCUT2D eigenvalue weighted by atomic mass is 32.1. The van der Waals surface area contributed by atoms with E-state index in [2.05, 4.69) is 9.88 Å². The van der Waals surface area contributed by atoms with E-state index < -0.39 is 0 Å². The highest BCUT2D eigenvalue weighted by Crippen LogP contribution is 2.34. The van der Waals surface area contributed by atoms with Crippen LogP contribution >= 0.6 is 12.2 Å². The molecule has 118 valence electrons. The summed E-state index contributed by atoms with van der Waals surface area (Å²) in [6.45, 7) is 4.83. The molecule has 0 bridgehead atoms. The molecule has 4 rings (SSSR count). The van der Waals surface area contributed by atoms with Crippen LogP contribution in [0, 0.1) is 18.6 Å². The molecule has 22 heavy (non-hydrogen) atoms. The molecule has 2 saturated carbocycles. The molecule has 0 aromatic carbocycles. The summed E-state index contributed by atoms with van der Waals surface area (Å²) in [7, 11) is 0. The predicted molar refractivity (Wildman–Crippen MR) is 88.4 cm³/mol. The lowest BCUT2D eigenvalue weighted by molar-refractivity contribution is 0.134. The average molecular weight is 317 g/mol. The molecule has 0 saturated heterocycles. The van der Waals surface area contributed by atoms with Crippen molar-refractivity contribution >= 4 is 17.9 Å². The van der Waals surface area contributed by atoms with Crippen molar-refractivity contribution in [2.24, 2.45) is 0 Å². The van der Waals surface area contributed by atoms with E-state index >= 15 is 0 Å². The number of fused-ring (bicyclic) bond motifs is 1. The van der Waals surface area contributed by atoms with Gasteiger partial charge in [-0.1, -0.05) is 12.8 Å². The van der Waals surface area contributed by atoms with Crippen molar-refractivity contribution in [2.75, 3.05) is 0 Å². The Morgan fingerprint density at radius 1 is 1.18 bits per heavy atom. The van der Waals surface area contributed by atoms with Gasteiger partial charge in [-0.15, -0.1) is 0 Å². The molecule has 2 aliphatic rings. The summed E-state index contributed by atoms with van der Waals surface area (Å²) in [5.74, 6) is 0.921. The highest BCUT2D eigenvalue weighted by Gasteiger charge is 2.35. The van der Waals surface area contributed by atoms with Crippen molar-refractivity contribution in [1.82, 2.24) is 24.1 Å². The van der Waals surface area contributed by atoms with Gasteiger partial charge in [-0.2, -0.15) is 5.10 Å². The standard InChI is InChI=1S/C16H23N5S/c1-11-9-15-18-20(16(22)21(15)12(2)17-11)10-19(14-7-8-14)13-5-3-4-6-13/h9,13-14H,3-8,10H2,1-2H3. The Kier molecular flexibility index (Phi) is 3.53. The number of hydrogen-bond donors (Lipinski definition) is 0. The summed E-state index contributed by atoms with van der Waals surface area (Å²) in [6, 6.07) is 3.48. The fraction of sp³-hybridized carbons (Fsp3) is 0.688. The molecule has 0 atom stereocenters. The molecule has 2 fully saturated rings. The lowest BCUT2D eigenvalue weighted by Crippen LogP contribution is -2.37. The zero-order valence-corrected chi connectivity index (χ0v) is 14.1. The average Bonchev–Trinajstić information content (AvgIpc) is 3.06. The molecule has 6 heteroatoms. The molecule has 0 spiro atoms. The molecule has 2 aliphatic carbocycles. The topological polar surface area (TPSA) is 38.4 Å². The first-order valence-corrected chi connectivity index (χ1v) is 8.74. The zero-order chi connectivity index (χ0) is 15.3. The predicted octanol–water partition coefficient (Wildman–Crippen LogP) is 3.24. The molecule has 0 N–H and O–H groups in total. The van der Waals surface area contributed by atoms with E-state index in [1.54, 1.807) is 0 Å². The summed E-state index contributed by atoms with van der Waals surface area (Å²) in [5.41, 5.74) is 1.91. The van der Waals surface area contributed by atoms with Crippen molar-refractivity contribution in [2.45, 2.75) is 71.1 Å². The van der Waals surface area contributed by atoms with E-state index in [4.69, 9.17) is 17.3 Å². The normalized spacial score (nSPS) is 19.6. The van der Waals surface area contributed by atoms with Gasteiger partial charge < -0.3 is 0 Å². The van der Waals surface area contributed by atoms with Gasteiger partial charge in [0.2, 0.25) is 4.77 Å². The molecular weight excluding hydrogens is 294 g/mol. The first-order valence-electron chi connectivity index (χ1n) is 8.33. The minimum absolute atomic E-state index is 0.722. The minimum Gasteiger partial charge on any atom is -0.278 e. The van der Waals surface area contributed by atoms with Gasteiger partial charge in [-0.05, 0) is 51.7 Å². The van der Waals surface area contributed by atoms with Gasteiger partial charge in [-0.3, -0.25) is 9.30 Å². The maximum absolute atomic E-state index is 5.65. The van der Waals surface area contributed by atoms with Gasteiger partial charge in [0.15, 0.2) is 5.65 Å². The molecule has 0 amide bonds. The fourth-order valence-electron chi connectivity index (χ4n) is 3.76. The summed E-state index contributed by atoms with van der Waals surface area (Å²) < 4.78 is 4.75. The van der Waals surface area contributed by atoms with Crippen molar-refractivity contribution in [1.29, 1.82) is 0 Å². The Hall–Kier alpha value is -1.27. The van der Waals surface area contributed by atoms with E-state index in [0.717, 1.165) is 40.7 Å². The smallest absolute Gasteiger partial charge is 0.205 e. The Labute approximate surface area is 136 Å². The van der Waals surface area contributed by atoms with Gasteiger partial charge in [0.1, 0.15) is 5.82 Å². The molecule has 2 aromatic heterocycles. The lowest BCUT2D eigenvalue weighted by Gasteiger charge is -2.28. The Morgan fingerprint density at radius 2 is 1.86 bits per heavy atom. The Balaban J connectivity index is 1.69. The summed E-state index contributed by atoms with van der Waals surface area (Å²) in [6.07, 6.45) is 8.06. The first kappa shape index (κ1) is 14.3. The van der Waals surface area contributed by atoms with Gasteiger partial charge in [0.05, 0.1) is 6.67 Å². The Morgan fingerprint density at radius 3 is 2.55 bits per heavy atom. The van der Waals surface area contributed by atoms with Crippen LogP contribution in [0.25, 0.3) is 5.65 Å². The largest absolute Gasteiger partial charge is 0.278 e. The van der Waals surface area contributed by atoms with Crippen LogP contribution in [0.2, 0.25) is 0 Å². The van der Waals surface area contributed by atoms with E-state index in [1.807, 2.05) is 29.0 Å². The molecule has 2 aromatic rings. The second-order valence-corrected chi connectivity index (χ2v) is 7.11. The van der Waals surface area contributed by atoms with Crippen LogP contribution in [-0.4, -0.2) is 36.1 Å². The van der Waals surface area contributed by atoms with Crippen molar-refractivity contribution in [3.8, 4) is 0 Å². The van der Waals surface area contributed by atoms with Gasteiger partial charge in [-0.25, -0.2) is 9.67 Å². The minimum atomic E-state index is 0.722. The number of rotatable bonds is 4. The third kappa shape index (κ3) is 2.48. The number of hydrogen-bond acceptors (Lipinski definition) is 4. The molecule has 5 nitrogen and oxygen atoms in total. The zero-order valence-electron chi connectivity index (χ0n) is 13.3. The van der Waals surface area contributed by atoms with E-state index in [-0.39, 0.29) is 0 Å². The summed E-state index contributed by atoms with van der Waals surface area (Å²) >= 11 is 5.65. The maximum atomic E-state index is 5.65. The molecule has 0 radical (unpaired) electrons. The fourth-order valence-corrected chi connectivity index (χ4v) is 4.09. The van der Waals surface area contributed by atoms with E-state index in [0.29, 0.717) is 0 Å². The third-order valence-corrected chi connectivity index (χ3v) is 5.36. The number of aromatic nitrogens is 4. The Bertz CT molecular complexity index is 752. The van der Waals surface area contributed by atoms with Crippen LogP contribution in [0.5, 0.6) is 0 Å². The van der Waals surface area contributed by atoms with Crippen LogP contribution in [0.15, 0.2) is 6.07 Å². The molecule has 0 unspecified atom stereocenters. The monoisotopic (exact) mass is 317 g/mol. The molecular formula is C16H23N5S. The van der Waals surface area contributed by atoms with Crippen LogP contribution in [0.3, 0.4) is 0 Å². The van der Waals surface area contributed by atoms with E-state index in [9.17, 15) is 0 Å². The molecule has 2 heterocycles. The first-order chi connectivity index (χ1) is 10.6. The highest BCUT2D eigenvalue weighted by molar-refractivity contribution is 7.71. The third-order valence-electron chi connectivity index (χ3n) is 4.97. The van der Waals surface area contributed by atoms with Crippen molar-refractivity contribution in [3.05, 3.63) is 22.4 Å². The summed E-state index contributed by atoms with van der Waals surface area (Å²) in [5, 5.41) is 4.75. The van der Waals surface area contributed by atoms with Crippen LogP contribution in [0.4, 0.5) is 0 Å². The second kappa shape index (κ2) is 5.42. The quantitative estimate of drug-likeness (QED) is 0.812. The van der Waals surface area contributed by atoms with Crippen LogP contribution in [-0.2, 0) is 6.67 Å². The van der Waals surface area contributed by atoms with Crippen LogP contribution in [0.1, 0.15) is 50.0 Å². The van der Waals surface area contributed by atoms with Crippen LogP contribution < -0.4 is 0 Å². The van der Waals surface area contributed by atoms with Crippen molar-refractivity contribution in [3.63, 3.8) is 0 Å². The second-order valence-electron chi connectivity index (χ2n) is 6.75. The van der Waals surface area contributed by atoms with Gasteiger partial charge >= 0.3 is 0 Å². The summed E-state index contributed by atoms with van der Waals surface area (Å²) in [4.78, 5) is 7.15. The maximum Gasteiger partial charge on any atom is 0.205 e. The number of aryl methyl sites for hydroxylation is 2. The SMILES string of the molecule is Cc1cc2nn(CN(C3CCCC3)C3CC3)c(=S)n2c(C)n1. The lowest BCUT2D eigenvalue weighted by atomic mass is 10.2. The van der Waals surface area contributed by atoms with Crippen molar-refractivity contribution < 1.29 is 0 Å². The van der Waals surface area contributed by atoms with E-state index in [1.165, 1.54) is 38.5 Å². The van der Waals surface area contributed by atoms with Gasteiger partial charge in [0, 0.05) is 23.8 Å². The number of nitrogens with zero attached hydrogens (tertiary/aromatic N) is 5.